The van der Waals surface area contributed by atoms with Crippen molar-refractivity contribution in [3.63, 3.8) is 0 Å². The second kappa shape index (κ2) is 5.42. The Balaban J connectivity index is 1.98. The van der Waals surface area contributed by atoms with Gasteiger partial charge in [-0.15, -0.1) is 0 Å². The Morgan fingerprint density at radius 1 is 1.30 bits per heavy atom. The van der Waals surface area contributed by atoms with E-state index in [2.05, 4.69) is 20.6 Å². The third-order valence-electron chi connectivity index (χ3n) is 3.58. The lowest BCUT2D eigenvalue weighted by atomic mass is 10.1. The lowest BCUT2D eigenvalue weighted by Crippen LogP contribution is -2.35. The minimum atomic E-state index is -0.970. The lowest BCUT2D eigenvalue weighted by molar-refractivity contribution is 0.0699. The van der Waals surface area contributed by atoms with Crippen molar-refractivity contribution in [2.24, 2.45) is 0 Å². The fourth-order valence-corrected chi connectivity index (χ4v) is 2.53. The first-order chi connectivity index (χ1) is 9.75. The van der Waals surface area contributed by atoms with E-state index in [1.54, 1.807) is 12.1 Å². The SMILES string of the molecule is O=C(O)c1cccc2c(NC3CCNCC3)ncnc12. The number of fused-ring (bicyclic) bond motifs is 1. The number of hydrogen-bond acceptors (Lipinski definition) is 5. The number of aromatic nitrogens is 2. The van der Waals surface area contributed by atoms with Gasteiger partial charge in [0.15, 0.2) is 0 Å². The van der Waals surface area contributed by atoms with Crippen molar-refractivity contribution < 1.29 is 9.90 Å². The third-order valence-corrected chi connectivity index (χ3v) is 3.58. The number of rotatable bonds is 3. The van der Waals surface area contributed by atoms with Crippen LogP contribution in [0.2, 0.25) is 0 Å². The summed E-state index contributed by atoms with van der Waals surface area (Å²) in [4.78, 5) is 19.6. The van der Waals surface area contributed by atoms with Crippen molar-refractivity contribution in [2.75, 3.05) is 18.4 Å². The summed E-state index contributed by atoms with van der Waals surface area (Å²) in [6, 6.07) is 5.50. The topological polar surface area (TPSA) is 87.1 Å². The zero-order valence-corrected chi connectivity index (χ0v) is 11.0. The summed E-state index contributed by atoms with van der Waals surface area (Å²) in [6.45, 7) is 1.97. The van der Waals surface area contributed by atoms with Gasteiger partial charge in [-0.25, -0.2) is 14.8 Å². The molecule has 1 aromatic carbocycles. The molecule has 0 radical (unpaired) electrons. The molecule has 0 atom stereocenters. The van der Waals surface area contributed by atoms with Gasteiger partial charge in [0.1, 0.15) is 12.1 Å². The molecule has 2 heterocycles. The van der Waals surface area contributed by atoms with Gasteiger partial charge in [-0.2, -0.15) is 0 Å². The van der Waals surface area contributed by atoms with Gasteiger partial charge in [0.05, 0.1) is 11.1 Å². The number of hydrogen-bond donors (Lipinski definition) is 3. The average Bonchev–Trinajstić information content (AvgIpc) is 2.48. The molecule has 0 saturated carbocycles. The van der Waals surface area contributed by atoms with E-state index in [1.165, 1.54) is 6.33 Å². The number of carboxylic acid groups (broad SMARTS) is 1. The van der Waals surface area contributed by atoms with Gasteiger partial charge >= 0.3 is 5.97 Å². The van der Waals surface area contributed by atoms with E-state index in [4.69, 9.17) is 0 Å². The summed E-state index contributed by atoms with van der Waals surface area (Å²) in [5, 5.41) is 16.7. The Morgan fingerprint density at radius 2 is 2.10 bits per heavy atom. The summed E-state index contributed by atoms with van der Waals surface area (Å²) in [7, 11) is 0. The maximum Gasteiger partial charge on any atom is 0.337 e. The van der Waals surface area contributed by atoms with E-state index in [0.29, 0.717) is 17.4 Å². The molecule has 104 valence electrons. The van der Waals surface area contributed by atoms with E-state index in [0.717, 1.165) is 31.3 Å². The predicted molar refractivity (Wildman–Crippen MR) is 76.0 cm³/mol. The molecule has 0 aliphatic carbocycles. The fraction of sp³-hybridized carbons (Fsp3) is 0.357. The van der Waals surface area contributed by atoms with E-state index in [1.807, 2.05) is 6.07 Å². The maximum absolute atomic E-state index is 11.2. The van der Waals surface area contributed by atoms with Crippen LogP contribution in [0.25, 0.3) is 10.9 Å². The highest BCUT2D eigenvalue weighted by Gasteiger charge is 2.16. The highest BCUT2D eigenvalue weighted by molar-refractivity contribution is 6.04. The summed E-state index contributed by atoms with van der Waals surface area (Å²) < 4.78 is 0. The Morgan fingerprint density at radius 3 is 2.85 bits per heavy atom. The highest BCUT2D eigenvalue weighted by atomic mass is 16.4. The molecule has 0 spiro atoms. The first kappa shape index (κ1) is 12.8. The maximum atomic E-state index is 11.2. The molecule has 6 nitrogen and oxygen atoms in total. The number of carbonyl (C=O) groups is 1. The Kier molecular flexibility index (Phi) is 3.47. The number of nitrogens with one attached hydrogen (secondary N) is 2. The van der Waals surface area contributed by atoms with Crippen molar-refractivity contribution in [3.05, 3.63) is 30.1 Å². The number of para-hydroxylation sites is 1. The molecule has 1 aliphatic rings. The third kappa shape index (κ3) is 2.42. The van der Waals surface area contributed by atoms with Gasteiger partial charge in [-0.05, 0) is 38.1 Å². The van der Waals surface area contributed by atoms with Gasteiger partial charge in [0, 0.05) is 11.4 Å². The molecule has 0 amide bonds. The second-order valence-corrected chi connectivity index (χ2v) is 4.90. The average molecular weight is 272 g/mol. The highest BCUT2D eigenvalue weighted by Crippen LogP contribution is 2.23. The van der Waals surface area contributed by atoms with Crippen molar-refractivity contribution in [1.29, 1.82) is 0 Å². The second-order valence-electron chi connectivity index (χ2n) is 4.90. The predicted octanol–water partition coefficient (Wildman–Crippen LogP) is 1.49. The fourth-order valence-electron chi connectivity index (χ4n) is 2.53. The van der Waals surface area contributed by atoms with Crippen molar-refractivity contribution in [3.8, 4) is 0 Å². The van der Waals surface area contributed by atoms with Crippen LogP contribution in [0.3, 0.4) is 0 Å². The molecule has 3 rings (SSSR count). The molecule has 1 fully saturated rings. The molecule has 1 aliphatic heterocycles. The van der Waals surface area contributed by atoms with Crippen LogP contribution in [0.1, 0.15) is 23.2 Å². The minimum absolute atomic E-state index is 0.207. The number of anilines is 1. The van der Waals surface area contributed by atoms with Gasteiger partial charge in [0.25, 0.3) is 0 Å². The molecule has 1 aromatic heterocycles. The minimum Gasteiger partial charge on any atom is -0.478 e. The van der Waals surface area contributed by atoms with Gasteiger partial charge in [0.2, 0.25) is 0 Å². The standard InChI is InChI=1S/C14H16N4O2/c19-14(20)11-3-1-2-10-12(11)16-8-17-13(10)18-9-4-6-15-7-5-9/h1-3,8-9,15H,4-7H2,(H,19,20)(H,16,17,18). The molecule has 2 aromatic rings. The van der Waals surface area contributed by atoms with Crippen LogP contribution in [0.5, 0.6) is 0 Å². The van der Waals surface area contributed by atoms with Crippen LogP contribution in [0.4, 0.5) is 5.82 Å². The summed E-state index contributed by atoms with van der Waals surface area (Å²) in [5.74, 6) is -0.257. The lowest BCUT2D eigenvalue weighted by Gasteiger charge is -2.24. The largest absolute Gasteiger partial charge is 0.478 e. The smallest absolute Gasteiger partial charge is 0.337 e. The normalized spacial score (nSPS) is 16.2. The van der Waals surface area contributed by atoms with Gasteiger partial charge in [-0.3, -0.25) is 0 Å². The van der Waals surface area contributed by atoms with E-state index in [-0.39, 0.29) is 5.56 Å². The zero-order valence-electron chi connectivity index (χ0n) is 11.0. The van der Waals surface area contributed by atoms with Crippen LogP contribution in [-0.4, -0.2) is 40.2 Å². The molecule has 6 heteroatoms. The Bertz CT molecular complexity index is 638. The van der Waals surface area contributed by atoms with Gasteiger partial charge in [-0.1, -0.05) is 6.07 Å². The van der Waals surface area contributed by atoms with Crippen LogP contribution < -0.4 is 10.6 Å². The molecule has 0 bridgehead atoms. The molecule has 20 heavy (non-hydrogen) atoms. The quantitative estimate of drug-likeness (QED) is 0.784. The van der Waals surface area contributed by atoms with Crippen molar-refractivity contribution in [1.82, 2.24) is 15.3 Å². The van der Waals surface area contributed by atoms with Crippen molar-refractivity contribution in [2.45, 2.75) is 18.9 Å². The zero-order chi connectivity index (χ0) is 13.9. The van der Waals surface area contributed by atoms with Crippen LogP contribution in [0.15, 0.2) is 24.5 Å². The number of nitrogens with zero attached hydrogens (tertiary/aromatic N) is 2. The monoisotopic (exact) mass is 272 g/mol. The Hall–Kier alpha value is -2.21. The summed E-state index contributed by atoms with van der Waals surface area (Å²) in [6.07, 6.45) is 3.48. The van der Waals surface area contributed by atoms with E-state index < -0.39 is 5.97 Å². The van der Waals surface area contributed by atoms with E-state index in [9.17, 15) is 9.90 Å². The molecular weight excluding hydrogens is 256 g/mol. The van der Waals surface area contributed by atoms with E-state index >= 15 is 0 Å². The number of aromatic carboxylic acids is 1. The van der Waals surface area contributed by atoms with Crippen LogP contribution >= 0.6 is 0 Å². The first-order valence-electron chi connectivity index (χ1n) is 6.70. The number of benzene rings is 1. The molecular formula is C14H16N4O2. The Labute approximate surface area is 116 Å². The molecule has 1 saturated heterocycles. The first-order valence-corrected chi connectivity index (χ1v) is 6.70. The van der Waals surface area contributed by atoms with Gasteiger partial charge < -0.3 is 15.7 Å². The van der Waals surface area contributed by atoms with Crippen LogP contribution in [0, 0.1) is 0 Å². The van der Waals surface area contributed by atoms with Crippen molar-refractivity contribution >= 4 is 22.7 Å². The molecule has 3 N–H and O–H groups in total. The number of carboxylic acids is 1. The summed E-state index contributed by atoms with van der Waals surface area (Å²) >= 11 is 0. The van der Waals surface area contributed by atoms with Crippen LogP contribution in [-0.2, 0) is 0 Å². The summed E-state index contributed by atoms with van der Waals surface area (Å²) in [5.41, 5.74) is 0.685. The number of piperidine rings is 1. The molecule has 0 unspecified atom stereocenters.